The van der Waals surface area contributed by atoms with Crippen LogP contribution in [0.1, 0.15) is 44.8 Å². The Morgan fingerprint density at radius 1 is 1.29 bits per heavy atom. The number of aromatic nitrogens is 1. The van der Waals surface area contributed by atoms with Crippen LogP contribution in [0, 0.1) is 5.92 Å². The van der Waals surface area contributed by atoms with E-state index in [9.17, 15) is 4.79 Å². The molecule has 1 aliphatic carbocycles. The monoisotopic (exact) mass is 415 g/mol. The van der Waals surface area contributed by atoms with E-state index in [-0.39, 0.29) is 17.7 Å². The molecule has 5 nitrogen and oxygen atoms in total. The number of hydrogen-bond acceptors (Lipinski definition) is 4. The molecule has 160 valence electrons. The van der Waals surface area contributed by atoms with Crippen molar-refractivity contribution in [1.29, 1.82) is 0 Å². The maximum atomic E-state index is 13.5. The number of carbonyl (C=O) groups is 1. The third-order valence-electron chi connectivity index (χ3n) is 5.89. The van der Waals surface area contributed by atoms with E-state index in [0.29, 0.717) is 18.2 Å². The van der Waals surface area contributed by atoms with Gasteiger partial charge in [-0.3, -0.25) is 9.78 Å². The minimum absolute atomic E-state index is 0.110. The van der Waals surface area contributed by atoms with Crippen LogP contribution >= 0.6 is 0 Å². The highest BCUT2D eigenvalue weighted by Crippen LogP contribution is 2.39. The van der Waals surface area contributed by atoms with Crippen LogP contribution in [-0.2, 0) is 9.53 Å². The standard InChI is InChI=1S/C26H29N3O2/c1-5-23(20-11-12-20)31-18(4)26(30)29-16-15-17(3)24(27-6-2)25(29)22-14-13-19-9-7-8-10-21(19)28-22/h7-10,13-14,20,25,27H,1,4,6,11-12,15-16H2,2-3H3/t25-/m1/s1. The smallest absolute Gasteiger partial charge is 0.289 e. The maximum Gasteiger partial charge on any atom is 0.289 e. The number of hydrogen-bond donors (Lipinski definition) is 1. The van der Waals surface area contributed by atoms with Crippen LogP contribution in [0.4, 0.5) is 0 Å². The molecule has 5 heteroatoms. The van der Waals surface area contributed by atoms with Crippen LogP contribution in [0.5, 0.6) is 0 Å². The number of para-hydroxylation sites is 1. The Morgan fingerprint density at radius 2 is 2.06 bits per heavy atom. The minimum Gasteiger partial charge on any atom is -0.448 e. The van der Waals surface area contributed by atoms with E-state index in [1.165, 1.54) is 5.57 Å². The number of carbonyl (C=O) groups excluding carboxylic acids is 1. The summed E-state index contributed by atoms with van der Waals surface area (Å²) in [7, 11) is 0. The molecule has 2 heterocycles. The first-order chi connectivity index (χ1) is 15.0. The van der Waals surface area contributed by atoms with Gasteiger partial charge in [-0.2, -0.15) is 0 Å². The van der Waals surface area contributed by atoms with Crippen molar-refractivity contribution in [3.8, 4) is 0 Å². The van der Waals surface area contributed by atoms with E-state index in [0.717, 1.165) is 48.1 Å². The average molecular weight is 416 g/mol. The fourth-order valence-electron chi connectivity index (χ4n) is 4.09. The molecule has 2 aliphatic rings. The Kier molecular flexibility index (Phi) is 5.97. The van der Waals surface area contributed by atoms with Gasteiger partial charge in [-0.15, -0.1) is 0 Å². The molecule has 1 aromatic heterocycles. The zero-order valence-electron chi connectivity index (χ0n) is 18.3. The van der Waals surface area contributed by atoms with Gasteiger partial charge in [0.05, 0.1) is 11.2 Å². The number of ether oxygens (including phenoxy) is 1. The van der Waals surface area contributed by atoms with Crippen LogP contribution in [0.15, 0.2) is 78.1 Å². The van der Waals surface area contributed by atoms with E-state index in [1.807, 2.05) is 35.2 Å². The molecule has 1 atom stereocenters. The lowest BCUT2D eigenvalue weighted by Gasteiger charge is -2.38. The number of benzene rings is 1. The van der Waals surface area contributed by atoms with Gasteiger partial charge in [0.2, 0.25) is 0 Å². The van der Waals surface area contributed by atoms with Gasteiger partial charge in [0.25, 0.3) is 5.91 Å². The lowest BCUT2D eigenvalue weighted by Crippen LogP contribution is -2.44. The summed E-state index contributed by atoms with van der Waals surface area (Å²) in [6, 6.07) is 11.8. The highest BCUT2D eigenvalue weighted by molar-refractivity contribution is 5.92. The first-order valence-electron chi connectivity index (χ1n) is 10.9. The number of fused-ring (bicyclic) bond motifs is 1. The van der Waals surface area contributed by atoms with E-state index < -0.39 is 0 Å². The summed E-state index contributed by atoms with van der Waals surface area (Å²) in [6.07, 6.45) is 2.87. The average Bonchev–Trinajstić information content (AvgIpc) is 3.63. The fourth-order valence-corrected chi connectivity index (χ4v) is 4.09. The molecule has 1 aromatic carbocycles. The number of rotatable bonds is 7. The molecule has 4 rings (SSSR count). The number of nitrogens with zero attached hydrogens (tertiary/aromatic N) is 2. The largest absolute Gasteiger partial charge is 0.448 e. The molecule has 0 radical (unpaired) electrons. The fraction of sp³-hybridized carbons (Fsp3) is 0.346. The molecular weight excluding hydrogens is 386 g/mol. The van der Waals surface area contributed by atoms with Crippen LogP contribution in [0.2, 0.25) is 0 Å². The normalized spacial score (nSPS) is 18.5. The number of amides is 1. The van der Waals surface area contributed by atoms with Crippen LogP contribution in [0.25, 0.3) is 10.9 Å². The summed E-state index contributed by atoms with van der Waals surface area (Å²) in [5.74, 6) is 0.811. The molecule has 1 saturated carbocycles. The zero-order chi connectivity index (χ0) is 22.0. The SMILES string of the molecule is C=C=C(OC(=C)C(=O)N1CCC(C)=C(NCC)[C@H]1c1ccc2ccccc2n1)C1CC1. The van der Waals surface area contributed by atoms with Crippen molar-refractivity contribution in [3.63, 3.8) is 0 Å². The van der Waals surface area contributed by atoms with Gasteiger partial charge in [0, 0.05) is 30.1 Å². The molecular formula is C26H29N3O2. The number of allylic oxidation sites excluding steroid dienone is 1. The van der Waals surface area contributed by atoms with Gasteiger partial charge < -0.3 is 15.0 Å². The predicted octanol–water partition coefficient (Wildman–Crippen LogP) is 5.00. The molecule has 0 spiro atoms. The lowest BCUT2D eigenvalue weighted by molar-refractivity contribution is -0.132. The van der Waals surface area contributed by atoms with E-state index >= 15 is 0 Å². The van der Waals surface area contributed by atoms with E-state index in [2.05, 4.69) is 44.1 Å². The van der Waals surface area contributed by atoms with Gasteiger partial charge in [0.1, 0.15) is 11.8 Å². The minimum atomic E-state index is -0.316. The highest BCUT2D eigenvalue weighted by Gasteiger charge is 2.36. The summed E-state index contributed by atoms with van der Waals surface area (Å²) in [5.41, 5.74) is 6.84. The summed E-state index contributed by atoms with van der Waals surface area (Å²) < 4.78 is 5.82. The highest BCUT2D eigenvalue weighted by atomic mass is 16.5. The second kappa shape index (κ2) is 8.83. The molecule has 2 aromatic rings. The Bertz CT molecular complexity index is 1110. The predicted molar refractivity (Wildman–Crippen MR) is 123 cm³/mol. The van der Waals surface area contributed by atoms with Crippen molar-refractivity contribution in [2.45, 2.75) is 39.2 Å². The van der Waals surface area contributed by atoms with Crippen molar-refractivity contribution in [3.05, 3.63) is 83.8 Å². The summed E-state index contributed by atoms with van der Waals surface area (Å²) in [5, 5.41) is 4.56. The molecule has 0 saturated heterocycles. The molecule has 0 unspecified atom stereocenters. The van der Waals surface area contributed by atoms with Crippen molar-refractivity contribution in [2.75, 3.05) is 13.1 Å². The summed E-state index contributed by atoms with van der Waals surface area (Å²) >= 11 is 0. The van der Waals surface area contributed by atoms with E-state index in [4.69, 9.17) is 9.72 Å². The maximum absolute atomic E-state index is 13.5. The van der Waals surface area contributed by atoms with E-state index in [1.54, 1.807) is 0 Å². The number of likely N-dealkylation sites (N-methyl/N-ethyl adjacent to an activating group) is 1. The molecule has 1 N–H and O–H groups in total. The first-order valence-corrected chi connectivity index (χ1v) is 10.9. The van der Waals surface area contributed by atoms with Gasteiger partial charge in [0.15, 0.2) is 5.76 Å². The summed E-state index contributed by atoms with van der Waals surface area (Å²) in [6.45, 7) is 13.2. The second-order valence-electron chi connectivity index (χ2n) is 8.14. The molecule has 1 aliphatic heterocycles. The Morgan fingerprint density at radius 3 is 2.77 bits per heavy atom. The number of pyridine rings is 1. The lowest BCUT2D eigenvalue weighted by atomic mass is 9.95. The topological polar surface area (TPSA) is 54.5 Å². The summed E-state index contributed by atoms with van der Waals surface area (Å²) in [4.78, 5) is 20.2. The van der Waals surface area contributed by atoms with Gasteiger partial charge in [-0.1, -0.05) is 48.7 Å². The van der Waals surface area contributed by atoms with Gasteiger partial charge in [-0.05, 0) is 45.2 Å². The first kappa shape index (κ1) is 21.0. The Balaban J connectivity index is 1.70. The third-order valence-corrected chi connectivity index (χ3v) is 5.89. The van der Waals surface area contributed by atoms with Crippen molar-refractivity contribution >= 4 is 16.8 Å². The molecule has 1 amide bonds. The Hall–Kier alpha value is -3.30. The quantitative estimate of drug-likeness (QED) is 0.393. The van der Waals surface area contributed by atoms with Gasteiger partial charge in [-0.25, -0.2) is 0 Å². The van der Waals surface area contributed by atoms with Crippen LogP contribution in [0.3, 0.4) is 0 Å². The van der Waals surface area contributed by atoms with Crippen molar-refractivity contribution in [2.24, 2.45) is 5.92 Å². The van der Waals surface area contributed by atoms with Crippen molar-refractivity contribution in [1.82, 2.24) is 15.2 Å². The third kappa shape index (κ3) is 4.28. The van der Waals surface area contributed by atoms with Gasteiger partial charge >= 0.3 is 0 Å². The van der Waals surface area contributed by atoms with Crippen LogP contribution < -0.4 is 5.32 Å². The molecule has 0 bridgehead atoms. The van der Waals surface area contributed by atoms with Crippen LogP contribution in [-0.4, -0.2) is 28.9 Å². The number of nitrogens with one attached hydrogen (secondary N) is 1. The molecule has 31 heavy (non-hydrogen) atoms. The second-order valence-corrected chi connectivity index (χ2v) is 8.14. The van der Waals surface area contributed by atoms with Crippen molar-refractivity contribution < 1.29 is 9.53 Å². The molecule has 1 fully saturated rings. The Labute approximate surface area is 183 Å². The zero-order valence-corrected chi connectivity index (χ0v) is 18.3.